The Morgan fingerprint density at radius 1 is 1.00 bits per heavy atom. The minimum atomic E-state index is -0.453. The summed E-state index contributed by atoms with van der Waals surface area (Å²) in [5.74, 6) is 0. The maximum absolute atomic E-state index is 10.5. The van der Waals surface area contributed by atoms with Gasteiger partial charge in [-0.15, -0.1) is 35.3 Å². The largest absolute Gasteiger partial charge is 0.387 e. The molecule has 1 aliphatic rings. The van der Waals surface area contributed by atoms with Gasteiger partial charge in [-0.05, 0) is 31.6 Å². The lowest BCUT2D eigenvalue weighted by Gasteiger charge is -2.41. The van der Waals surface area contributed by atoms with E-state index in [0.717, 1.165) is 12.8 Å². The highest BCUT2D eigenvalue weighted by atomic mass is 32.3. The fourth-order valence-electron chi connectivity index (χ4n) is 2.09. The van der Waals surface area contributed by atoms with Crippen LogP contribution in [0.1, 0.15) is 25.7 Å². The molecule has 0 aromatic carbocycles. The number of aliphatic hydroxyl groups is 1. The van der Waals surface area contributed by atoms with Crippen LogP contribution in [0.25, 0.3) is 0 Å². The maximum Gasteiger partial charge on any atom is 0.135 e. The van der Waals surface area contributed by atoms with Crippen molar-refractivity contribution in [2.24, 2.45) is 0 Å². The van der Waals surface area contributed by atoms with E-state index in [1.54, 1.807) is 35.3 Å². The molecule has 0 amide bonds. The molecule has 1 aliphatic carbocycles. The van der Waals surface area contributed by atoms with Crippen LogP contribution in [0.15, 0.2) is 0 Å². The highest BCUT2D eigenvalue weighted by molar-refractivity contribution is 8.33. The summed E-state index contributed by atoms with van der Waals surface area (Å²) in [6, 6.07) is 0. The van der Waals surface area contributed by atoms with E-state index in [0.29, 0.717) is 0 Å². The average molecular weight is 238 g/mol. The predicted octanol–water partition coefficient (Wildman–Crippen LogP) is 3.03. The zero-order valence-corrected chi connectivity index (χ0v) is 10.9. The molecular weight excluding hydrogens is 220 g/mol. The second-order valence-electron chi connectivity index (χ2n) is 3.41. The van der Waals surface area contributed by atoms with Crippen LogP contribution >= 0.6 is 35.3 Å². The molecule has 0 aromatic heterocycles. The van der Waals surface area contributed by atoms with Crippen molar-refractivity contribution in [1.82, 2.24) is 0 Å². The minimum absolute atomic E-state index is 0.0521. The third kappa shape index (κ3) is 2.01. The van der Waals surface area contributed by atoms with E-state index >= 15 is 0 Å². The highest BCUT2D eigenvalue weighted by Gasteiger charge is 2.50. The molecule has 0 aliphatic heterocycles. The standard InChI is InChI=1S/C9H18OS3/c1-11-9(12-2,13-3)8(10)6-4-5-7-8/h10H,4-7H2,1-3H3. The fraction of sp³-hybridized carbons (Fsp3) is 1.00. The molecule has 1 saturated carbocycles. The van der Waals surface area contributed by atoms with Crippen molar-refractivity contribution < 1.29 is 5.11 Å². The maximum atomic E-state index is 10.5. The molecule has 0 unspecified atom stereocenters. The van der Waals surface area contributed by atoms with Crippen molar-refractivity contribution in [2.75, 3.05) is 18.8 Å². The van der Waals surface area contributed by atoms with Crippen LogP contribution in [0.2, 0.25) is 0 Å². The van der Waals surface area contributed by atoms with Gasteiger partial charge in [0.05, 0.1) is 5.60 Å². The van der Waals surface area contributed by atoms with Crippen LogP contribution in [0.3, 0.4) is 0 Å². The fourth-order valence-corrected chi connectivity index (χ4v) is 5.84. The van der Waals surface area contributed by atoms with Crippen LogP contribution in [0, 0.1) is 0 Å². The Hall–Kier alpha value is 1.01. The summed E-state index contributed by atoms with van der Waals surface area (Å²) in [4.78, 5) is 0. The molecule has 4 heteroatoms. The van der Waals surface area contributed by atoms with E-state index in [1.165, 1.54) is 12.8 Å². The van der Waals surface area contributed by atoms with Crippen LogP contribution in [-0.2, 0) is 0 Å². The van der Waals surface area contributed by atoms with Crippen molar-refractivity contribution in [2.45, 2.75) is 34.7 Å². The summed E-state index contributed by atoms with van der Waals surface area (Å²) < 4.78 is -0.0521. The van der Waals surface area contributed by atoms with Gasteiger partial charge in [0.25, 0.3) is 0 Å². The van der Waals surface area contributed by atoms with Crippen molar-refractivity contribution in [1.29, 1.82) is 0 Å². The highest BCUT2D eigenvalue weighted by Crippen LogP contribution is 2.56. The first-order valence-corrected chi connectivity index (χ1v) is 8.19. The van der Waals surface area contributed by atoms with Gasteiger partial charge in [0.15, 0.2) is 0 Å². The quantitative estimate of drug-likeness (QED) is 0.759. The van der Waals surface area contributed by atoms with Gasteiger partial charge in [0, 0.05) is 0 Å². The molecular formula is C9H18OS3. The molecule has 0 radical (unpaired) electrons. The number of rotatable bonds is 4. The van der Waals surface area contributed by atoms with Gasteiger partial charge in [-0.1, -0.05) is 12.8 Å². The van der Waals surface area contributed by atoms with Crippen molar-refractivity contribution in [3.05, 3.63) is 0 Å². The van der Waals surface area contributed by atoms with Gasteiger partial charge >= 0.3 is 0 Å². The van der Waals surface area contributed by atoms with Gasteiger partial charge in [-0.3, -0.25) is 0 Å². The minimum Gasteiger partial charge on any atom is -0.387 e. The molecule has 1 nitrogen and oxygen atoms in total. The van der Waals surface area contributed by atoms with Crippen molar-refractivity contribution in [3.63, 3.8) is 0 Å². The van der Waals surface area contributed by atoms with E-state index in [9.17, 15) is 5.11 Å². The van der Waals surface area contributed by atoms with E-state index in [1.807, 2.05) is 0 Å². The summed E-state index contributed by atoms with van der Waals surface area (Å²) in [6.07, 6.45) is 10.6. The molecule has 13 heavy (non-hydrogen) atoms. The van der Waals surface area contributed by atoms with Gasteiger partial charge in [-0.2, -0.15) is 0 Å². The zero-order valence-electron chi connectivity index (χ0n) is 8.50. The van der Waals surface area contributed by atoms with Gasteiger partial charge in [0.2, 0.25) is 0 Å². The van der Waals surface area contributed by atoms with E-state index < -0.39 is 5.60 Å². The lowest BCUT2D eigenvalue weighted by Crippen LogP contribution is -2.44. The first-order valence-electron chi connectivity index (χ1n) is 4.52. The molecule has 1 fully saturated rings. The molecule has 0 aromatic rings. The van der Waals surface area contributed by atoms with Crippen molar-refractivity contribution >= 4 is 35.3 Å². The second-order valence-corrected chi connectivity index (χ2v) is 7.24. The van der Waals surface area contributed by atoms with Crippen LogP contribution in [0.4, 0.5) is 0 Å². The van der Waals surface area contributed by atoms with E-state index in [-0.39, 0.29) is 3.41 Å². The van der Waals surface area contributed by atoms with Gasteiger partial charge in [0.1, 0.15) is 3.41 Å². The Kier molecular flexibility index (Phi) is 4.36. The first-order chi connectivity index (χ1) is 6.14. The number of thioether (sulfide) groups is 3. The average Bonchev–Trinajstić information content (AvgIpc) is 2.57. The first kappa shape index (κ1) is 12.1. The van der Waals surface area contributed by atoms with Crippen molar-refractivity contribution in [3.8, 4) is 0 Å². The second kappa shape index (κ2) is 4.69. The lowest BCUT2D eigenvalue weighted by molar-refractivity contribution is 0.0578. The summed E-state index contributed by atoms with van der Waals surface area (Å²) in [5, 5.41) is 10.5. The molecule has 78 valence electrons. The smallest absolute Gasteiger partial charge is 0.135 e. The SMILES string of the molecule is CSC(SC)(SC)C1(O)CCCC1. The monoisotopic (exact) mass is 238 g/mol. The lowest BCUT2D eigenvalue weighted by atomic mass is 10.1. The molecule has 0 heterocycles. The molecule has 0 bridgehead atoms. The molecule has 0 spiro atoms. The Morgan fingerprint density at radius 3 is 1.69 bits per heavy atom. The summed E-state index contributed by atoms with van der Waals surface area (Å²) in [6.45, 7) is 0. The van der Waals surface area contributed by atoms with Crippen LogP contribution in [0.5, 0.6) is 0 Å². The summed E-state index contributed by atoms with van der Waals surface area (Å²) in [7, 11) is 0. The molecule has 0 atom stereocenters. The summed E-state index contributed by atoms with van der Waals surface area (Å²) in [5.41, 5.74) is -0.453. The van der Waals surface area contributed by atoms with E-state index in [4.69, 9.17) is 0 Å². The Labute approximate surface area is 93.8 Å². The van der Waals surface area contributed by atoms with Gasteiger partial charge in [-0.25, -0.2) is 0 Å². The molecule has 1 rings (SSSR count). The number of hydrogen-bond acceptors (Lipinski definition) is 4. The van der Waals surface area contributed by atoms with Gasteiger partial charge < -0.3 is 5.11 Å². The third-order valence-electron chi connectivity index (χ3n) is 2.81. The zero-order chi connectivity index (χ0) is 9.95. The summed E-state index contributed by atoms with van der Waals surface area (Å²) >= 11 is 5.37. The topological polar surface area (TPSA) is 20.2 Å². The molecule has 0 saturated heterocycles. The molecule has 1 N–H and O–H groups in total. The third-order valence-corrected chi connectivity index (χ3v) is 8.56. The Balaban J connectivity index is 2.84. The van der Waals surface area contributed by atoms with Crippen LogP contribution in [-0.4, -0.2) is 32.9 Å². The Morgan fingerprint density at radius 2 is 1.38 bits per heavy atom. The predicted molar refractivity (Wildman–Crippen MR) is 66.7 cm³/mol. The number of hydrogen-bond donors (Lipinski definition) is 1. The van der Waals surface area contributed by atoms with E-state index in [2.05, 4.69) is 18.8 Å². The Bertz CT molecular complexity index is 154. The van der Waals surface area contributed by atoms with Crippen LogP contribution < -0.4 is 0 Å². The normalized spacial score (nSPS) is 22.2.